The van der Waals surface area contributed by atoms with Crippen LogP contribution < -0.4 is 9.47 Å². The molecule has 0 radical (unpaired) electrons. The largest absolute Gasteiger partial charge is 0.497 e. The van der Waals surface area contributed by atoms with Gasteiger partial charge in [-0.2, -0.15) is 0 Å². The zero-order valence-corrected chi connectivity index (χ0v) is 11.8. The molecule has 0 N–H and O–H groups in total. The van der Waals surface area contributed by atoms with E-state index in [1.807, 2.05) is 30.3 Å². The maximum atomic E-state index is 5.67. The number of unbranched alkanes of at least 4 members (excludes halogenated alkanes) is 1. The van der Waals surface area contributed by atoms with Crippen molar-refractivity contribution in [3.8, 4) is 22.6 Å². The molecule has 0 aliphatic heterocycles. The molecule has 2 aromatic carbocycles. The predicted octanol–water partition coefficient (Wildman–Crippen LogP) is 4.71. The van der Waals surface area contributed by atoms with Crippen molar-refractivity contribution in [2.45, 2.75) is 12.8 Å². The summed E-state index contributed by atoms with van der Waals surface area (Å²) in [6.07, 6.45) is 3.91. The van der Waals surface area contributed by atoms with Gasteiger partial charge in [-0.15, -0.1) is 6.58 Å². The van der Waals surface area contributed by atoms with Gasteiger partial charge in [0, 0.05) is 0 Å². The molecule has 0 aliphatic rings. The van der Waals surface area contributed by atoms with Gasteiger partial charge in [-0.25, -0.2) is 0 Å². The van der Waals surface area contributed by atoms with E-state index in [1.54, 1.807) is 7.11 Å². The van der Waals surface area contributed by atoms with Gasteiger partial charge in [0.2, 0.25) is 0 Å². The Morgan fingerprint density at radius 3 is 1.95 bits per heavy atom. The summed E-state index contributed by atoms with van der Waals surface area (Å²) in [5, 5.41) is 0. The number of rotatable bonds is 7. The van der Waals surface area contributed by atoms with Gasteiger partial charge in [-0.05, 0) is 48.2 Å². The van der Waals surface area contributed by atoms with Crippen molar-refractivity contribution < 1.29 is 9.47 Å². The SMILES string of the molecule is C=CCCCOc1ccc(-c2ccc(OC)cc2)cc1. The Balaban J connectivity index is 1.97. The molecule has 2 heteroatoms. The summed E-state index contributed by atoms with van der Waals surface area (Å²) >= 11 is 0. The number of allylic oxidation sites excluding steroid dienone is 1. The van der Waals surface area contributed by atoms with Crippen LogP contribution in [0.1, 0.15) is 12.8 Å². The minimum Gasteiger partial charge on any atom is -0.497 e. The van der Waals surface area contributed by atoms with E-state index in [0.717, 1.165) is 30.9 Å². The molecule has 0 fully saturated rings. The first kappa shape index (κ1) is 14.2. The third kappa shape index (κ3) is 3.89. The summed E-state index contributed by atoms with van der Waals surface area (Å²) in [5.41, 5.74) is 2.34. The van der Waals surface area contributed by atoms with Crippen molar-refractivity contribution in [1.29, 1.82) is 0 Å². The average Bonchev–Trinajstić information content (AvgIpc) is 2.52. The van der Waals surface area contributed by atoms with Crippen LogP contribution in [0.15, 0.2) is 61.2 Å². The molecule has 0 spiro atoms. The molecule has 0 heterocycles. The smallest absolute Gasteiger partial charge is 0.119 e. The first-order valence-corrected chi connectivity index (χ1v) is 6.81. The minimum absolute atomic E-state index is 0.730. The standard InChI is InChI=1S/C18H20O2/c1-3-4-5-14-20-18-12-8-16(9-13-18)15-6-10-17(19-2)11-7-15/h3,6-13H,1,4-5,14H2,2H3. The van der Waals surface area contributed by atoms with Gasteiger partial charge < -0.3 is 9.47 Å². The highest BCUT2D eigenvalue weighted by molar-refractivity contribution is 5.64. The Hall–Kier alpha value is -2.22. The number of ether oxygens (including phenoxy) is 2. The molecule has 0 saturated carbocycles. The van der Waals surface area contributed by atoms with Crippen molar-refractivity contribution in [3.63, 3.8) is 0 Å². The lowest BCUT2D eigenvalue weighted by Gasteiger charge is -2.07. The van der Waals surface area contributed by atoms with Gasteiger partial charge in [-0.3, -0.25) is 0 Å². The first-order chi connectivity index (χ1) is 9.83. The summed E-state index contributed by atoms with van der Waals surface area (Å²) in [4.78, 5) is 0. The van der Waals surface area contributed by atoms with E-state index in [1.165, 1.54) is 11.1 Å². The molecule has 0 saturated heterocycles. The zero-order valence-electron chi connectivity index (χ0n) is 11.8. The summed E-state index contributed by atoms with van der Waals surface area (Å²) < 4.78 is 10.8. The quantitative estimate of drug-likeness (QED) is 0.535. The molecule has 104 valence electrons. The zero-order chi connectivity index (χ0) is 14.2. The van der Waals surface area contributed by atoms with E-state index in [4.69, 9.17) is 9.47 Å². The Morgan fingerprint density at radius 1 is 0.900 bits per heavy atom. The van der Waals surface area contributed by atoms with Gasteiger partial charge in [0.1, 0.15) is 11.5 Å². The van der Waals surface area contributed by atoms with E-state index in [0.29, 0.717) is 0 Å². The molecule has 2 nitrogen and oxygen atoms in total. The first-order valence-electron chi connectivity index (χ1n) is 6.81. The summed E-state index contributed by atoms with van der Waals surface area (Å²) in [5.74, 6) is 1.78. The summed E-state index contributed by atoms with van der Waals surface area (Å²) in [6, 6.07) is 16.2. The van der Waals surface area contributed by atoms with Crippen LogP contribution >= 0.6 is 0 Å². The van der Waals surface area contributed by atoms with E-state index in [-0.39, 0.29) is 0 Å². The van der Waals surface area contributed by atoms with E-state index in [9.17, 15) is 0 Å². The van der Waals surface area contributed by atoms with Crippen LogP contribution in [0.4, 0.5) is 0 Å². The molecule has 20 heavy (non-hydrogen) atoms. The van der Waals surface area contributed by atoms with Crippen molar-refractivity contribution in [1.82, 2.24) is 0 Å². The highest BCUT2D eigenvalue weighted by Gasteiger charge is 1.99. The number of hydrogen-bond donors (Lipinski definition) is 0. The molecule has 0 unspecified atom stereocenters. The minimum atomic E-state index is 0.730. The summed E-state index contributed by atoms with van der Waals surface area (Å²) in [6.45, 7) is 4.43. The molecular formula is C18H20O2. The monoisotopic (exact) mass is 268 g/mol. The highest BCUT2D eigenvalue weighted by atomic mass is 16.5. The lowest BCUT2D eigenvalue weighted by molar-refractivity contribution is 0.312. The van der Waals surface area contributed by atoms with E-state index >= 15 is 0 Å². The highest BCUT2D eigenvalue weighted by Crippen LogP contribution is 2.24. The van der Waals surface area contributed by atoms with Gasteiger partial charge in [-0.1, -0.05) is 30.3 Å². The van der Waals surface area contributed by atoms with Crippen LogP contribution in [0.5, 0.6) is 11.5 Å². The van der Waals surface area contributed by atoms with Crippen molar-refractivity contribution in [2.75, 3.05) is 13.7 Å². The topological polar surface area (TPSA) is 18.5 Å². The van der Waals surface area contributed by atoms with Crippen LogP contribution in [0, 0.1) is 0 Å². The third-order valence-electron chi connectivity index (χ3n) is 3.10. The molecule has 0 aliphatic carbocycles. The van der Waals surface area contributed by atoms with Gasteiger partial charge in [0.05, 0.1) is 13.7 Å². The number of methoxy groups -OCH3 is 1. The Morgan fingerprint density at radius 2 is 1.45 bits per heavy atom. The van der Waals surface area contributed by atoms with E-state index in [2.05, 4.69) is 30.8 Å². The second-order valence-electron chi connectivity index (χ2n) is 4.53. The normalized spacial score (nSPS) is 10.1. The second-order valence-corrected chi connectivity index (χ2v) is 4.53. The fourth-order valence-electron chi connectivity index (χ4n) is 1.94. The Kier molecular flexibility index (Phi) is 5.24. The molecule has 2 rings (SSSR count). The lowest BCUT2D eigenvalue weighted by atomic mass is 10.1. The van der Waals surface area contributed by atoms with Gasteiger partial charge >= 0.3 is 0 Å². The van der Waals surface area contributed by atoms with Crippen LogP contribution in [-0.4, -0.2) is 13.7 Å². The van der Waals surface area contributed by atoms with Gasteiger partial charge in [0.15, 0.2) is 0 Å². The molecular weight excluding hydrogens is 248 g/mol. The lowest BCUT2D eigenvalue weighted by Crippen LogP contribution is -1.96. The van der Waals surface area contributed by atoms with Crippen molar-refractivity contribution in [2.24, 2.45) is 0 Å². The number of benzene rings is 2. The number of hydrogen-bond acceptors (Lipinski definition) is 2. The van der Waals surface area contributed by atoms with Crippen LogP contribution in [0.25, 0.3) is 11.1 Å². The maximum absolute atomic E-state index is 5.67. The predicted molar refractivity (Wildman–Crippen MR) is 83.4 cm³/mol. The molecule has 0 bridgehead atoms. The van der Waals surface area contributed by atoms with Crippen molar-refractivity contribution in [3.05, 3.63) is 61.2 Å². The fourth-order valence-corrected chi connectivity index (χ4v) is 1.94. The van der Waals surface area contributed by atoms with E-state index < -0.39 is 0 Å². The van der Waals surface area contributed by atoms with Crippen LogP contribution in [-0.2, 0) is 0 Å². The molecule has 0 aromatic heterocycles. The second kappa shape index (κ2) is 7.39. The third-order valence-corrected chi connectivity index (χ3v) is 3.10. The fraction of sp³-hybridized carbons (Fsp3) is 0.222. The molecule has 0 atom stereocenters. The Bertz CT molecular complexity index is 526. The molecule has 0 amide bonds. The van der Waals surface area contributed by atoms with Gasteiger partial charge in [0.25, 0.3) is 0 Å². The Labute approximate surface area is 120 Å². The van der Waals surface area contributed by atoms with Crippen LogP contribution in [0.2, 0.25) is 0 Å². The summed E-state index contributed by atoms with van der Waals surface area (Å²) in [7, 11) is 1.67. The maximum Gasteiger partial charge on any atom is 0.119 e. The average molecular weight is 268 g/mol. The van der Waals surface area contributed by atoms with Crippen molar-refractivity contribution >= 4 is 0 Å². The molecule has 2 aromatic rings. The van der Waals surface area contributed by atoms with Crippen LogP contribution in [0.3, 0.4) is 0 Å².